The van der Waals surface area contributed by atoms with E-state index in [9.17, 15) is 18.0 Å². The van der Waals surface area contributed by atoms with E-state index in [0.717, 1.165) is 22.5 Å². The Morgan fingerprint density at radius 2 is 1.43 bits per heavy atom. The minimum absolute atomic E-state index is 0.0297. The van der Waals surface area contributed by atoms with Crippen LogP contribution in [0.25, 0.3) is 5.57 Å². The van der Waals surface area contributed by atoms with Gasteiger partial charge in [-0.05, 0) is 48.8 Å². The maximum Gasteiger partial charge on any atom is 0.356 e. The van der Waals surface area contributed by atoms with Gasteiger partial charge in [0.15, 0.2) is 5.70 Å². The molecule has 8 heteroatoms. The number of rotatable bonds is 6. The molecular formula is C29H27NO6S. The van der Waals surface area contributed by atoms with Crippen LogP contribution in [0.1, 0.15) is 28.3 Å². The zero-order valence-corrected chi connectivity index (χ0v) is 21.8. The van der Waals surface area contributed by atoms with Crippen LogP contribution in [0, 0.1) is 13.8 Å². The first kappa shape index (κ1) is 25.9. The Labute approximate surface area is 216 Å². The van der Waals surface area contributed by atoms with Gasteiger partial charge in [-0.3, -0.25) is 0 Å². The highest BCUT2D eigenvalue weighted by molar-refractivity contribution is 7.89. The van der Waals surface area contributed by atoms with Crippen molar-refractivity contribution in [1.82, 2.24) is 4.31 Å². The molecule has 0 radical (unpaired) electrons. The van der Waals surface area contributed by atoms with Gasteiger partial charge in [0, 0.05) is 0 Å². The highest BCUT2D eigenvalue weighted by Crippen LogP contribution is 2.44. The Kier molecular flexibility index (Phi) is 7.31. The molecule has 1 unspecified atom stereocenters. The summed E-state index contributed by atoms with van der Waals surface area (Å²) in [6, 6.07) is 21.6. The molecule has 0 saturated carbocycles. The summed E-state index contributed by atoms with van der Waals surface area (Å²) in [6.45, 7) is 3.74. The molecule has 1 heterocycles. The number of carbonyl (C=O) groups is 2. The van der Waals surface area contributed by atoms with E-state index in [-0.39, 0.29) is 10.5 Å². The van der Waals surface area contributed by atoms with Crippen LogP contribution in [0.3, 0.4) is 0 Å². The monoisotopic (exact) mass is 517 g/mol. The fraction of sp³-hybridized carbons (Fsp3) is 0.172. The number of carbonyl (C=O) groups excluding carboxylic acids is 2. The van der Waals surface area contributed by atoms with Gasteiger partial charge in [0.05, 0.1) is 30.7 Å². The molecule has 190 valence electrons. The molecule has 0 N–H and O–H groups in total. The maximum absolute atomic E-state index is 14.2. The van der Waals surface area contributed by atoms with E-state index in [2.05, 4.69) is 0 Å². The first-order valence-electron chi connectivity index (χ1n) is 11.5. The third-order valence-corrected chi connectivity index (χ3v) is 7.91. The van der Waals surface area contributed by atoms with Gasteiger partial charge in [0.1, 0.15) is 0 Å². The maximum atomic E-state index is 14.2. The average Bonchev–Trinajstić information content (AvgIpc) is 2.91. The van der Waals surface area contributed by atoms with Crippen molar-refractivity contribution in [2.24, 2.45) is 0 Å². The molecule has 3 aromatic rings. The second kappa shape index (κ2) is 10.4. The molecule has 0 amide bonds. The normalized spacial score (nSPS) is 15.7. The van der Waals surface area contributed by atoms with Crippen LogP contribution in [0.5, 0.6) is 0 Å². The summed E-state index contributed by atoms with van der Waals surface area (Å²) in [6.07, 6.45) is 1.68. The van der Waals surface area contributed by atoms with Gasteiger partial charge in [-0.1, -0.05) is 77.9 Å². The smallest absolute Gasteiger partial charge is 0.356 e. The van der Waals surface area contributed by atoms with E-state index >= 15 is 0 Å². The summed E-state index contributed by atoms with van der Waals surface area (Å²) in [5.41, 5.74) is 2.78. The van der Waals surface area contributed by atoms with Gasteiger partial charge in [-0.25, -0.2) is 22.3 Å². The third-order valence-electron chi connectivity index (χ3n) is 6.12. The summed E-state index contributed by atoms with van der Waals surface area (Å²) in [7, 11) is -2.03. The highest BCUT2D eigenvalue weighted by atomic mass is 32.2. The van der Waals surface area contributed by atoms with Crippen LogP contribution in [-0.2, 0) is 29.1 Å². The lowest BCUT2D eigenvalue weighted by Gasteiger charge is -2.37. The molecule has 0 bridgehead atoms. The lowest BCUT2D eigenvalue weighted by atomic mass is 9.88. The van der Waals surface area contributed by atoms with E-state index in [1.165, 1.54) is 19.2 Å². The molecule has 1 aliphatic rings. The van der Waals surface area contributed by atoms with Gasteiger partial charge >= 0.3 is 11.9 Å². The molecule has 0 aromatic heterocycles. The second-order valence-electron chi connectivity index (χ2n) is 8.63. The quantitative estimate of drug-likeness (QED) is 0.439. The predicted octanol–water partition coefficient (Wildman–Crippen LogP) is 4.73. The summed E-state index contributed by atoms with van der Waals surface area (Å²) in [5.74, 6) is -1.84. The molecule has 3 aromatic carbocycles. The SMILES string of the molecule is COC(=O)C1=C(C(=O)OC)N(S(=O)(=O)c2ccc(C)cc2)C(c2cccc(C)c2)C=C1c1ccccc1. The average molecular weight is 518 g/mol. The number of nitrogens with zero attached hydrogens (tertiary/aromatic N) is 1. The zero-order chi connectivity index (χ0) is 26.7. The van der Waals surface area contributed by atoms with Crippen molar-refractivity contribution in [3.8, 4) is 0 Å². The van der Waals surface area contributed by atoms with Crippen molar-refractivity contribution >= 4 is 27.5 Å². The van der Waals surface area contributed by atoms with Crippen molar-refractivity contribution < 1.29 is 27.5 Å². The lowest BCUT2D eigenvalue weighted by molar-refractivity contribution is -0.140. The van der Waals surface area contributed by atoms with Gasteiger partial charge in [0.25, 0.3) is 10.0 Å². The fourth-order valence-electron chi connectivity index (χ4n) is 4.32. The predicted molar refractivity (Wildman–Crippen MR) is 140 cm³/mol. The number of benzene rings is 3. The van der Waals surface area contributed by atoms with E-state index in [4.69, 9.17) is 9.47 Å². The Hall–Kier alpha value is -4.17. The number of sulfonamides is 1. The molecule has 1 atom stereocenters. The molecule has 0 fully saturated rings. The van der Waals surface area contributed by atoms with Crippen LogP contribution >= 0.6 is 0 Å². The Balaban J connectivity index is 2.11. The number of esters is 2. The van der Waals surface area contributed by atoms with Gasteiger partial charge in [-0.15, -0.1) is 0 Å². The van der Waals surface area contributed by atoms with Crippen LogP contribution in [0.4, 0.5) is 0 Å². The van der Waals surface area contributed by atoms with E-state index in [0.29, 0.717) is 16.7 Å². The zero-order valence-electron chi connectivity index (χ0n) is 21.0. The van der Waals surface area contributed by atoms with Crippen LogP contribution in [0.15, 0.2) is 101 Å². The van der Waals surface area contributed by atoms with Crippen LogP contribution in [0.2, 0.25) is 0 Å². The van der Waals surface area contributed by atoms with Crippen molar-refractivity contribution in [2.75, 3.05) is 14.2 Å². The lowest BCUT2D eigenvalue weighted by Crippen LogP contribution is -2.41. The minimum atomic E-state index is -4.35. The molecule has 4 rings (SSSR count). The van der Waals surface area contributed by atoms with Crippen molar-refractivity contribution in [2.45, 2.75) is 24.8 Å². The molecule has 1 aliphatic heterocycles. The Bertz CT molecular complexity index is 1510. The number of hydrogen-bond donors (Lipinski definition) is 0. The van der Waals surface area contributed by atoms with Gasteiger partial charge < -0.3 is 9.47 Å². The molecule has 7 nitrogen and oxygen atoms in total. The fourth-order valence-corrected chi connectivity index (χ4v) is 5.92. The summed E-state index contributed by atoms with van der Waals surface area (Å²) in [5, 5.41) is 0. The minimum Gasteiger partial charge on any atom is -0.465 e. The first-order valence-corrected chi connectivity index (χ1v) is 13.0. The first-order chi connectivity index (χ1) is 17.7. The molecule has 37 heavy (non-hydrogen) atoms. The van der Waals surface area contributed by atoms with Crippen LogP contribution < -0.4 is 0 Å². The standard InChI is InChI=1S/C29H27NO6S/c1-19-13-15-23(16-14-19)37(33,34)30-25(22-12-8-9-20(2)17-22)18-24(21-10-6-5-7-11-21)26(28(31)35-3)27(30)29(32)36-4/h5-18,25H,1-4H3. The molecule has 0 spiro atoms. The number of ether oxygens (including phenoxy) is 2. The summed E-state index contributed by atoms with van der Waals surface area (Å²) < 4.78 is 39.5. The van der Waals surface area contributed by atoms with Gasteiger partial charge in [-0.2, -0.15) is 0 Å². The van der Waals surface area contributed by atoms with E-state index in [1.807, 2.05) is 38.1 Å². The molecular weight excluding hydrogens is 490 g/mol. The van der Waals surface area contributed by atoms with Crippen molar-refractivity contribution in [1.29, 1.82) is 0 Å². The highest BCUT2D eigenvalue weighted by Gasteiger charge is 2.44. The summed E-state index contributed by atoms with van der Waals surface area (Å²) in [4.78, 5) is 26.5. The number of methoxy groups -OCH3 is 2. The van der Waals surface area contributed by atoms with E-state index in [1.54, 1.807) is 48.5 Å². The van der Waals surface area contributed by atoms with Crippen molar-refractivity contribution in [3.63, 3.8) is 0 Å². The number of aryl methyl sites for hydroxylation is 2. The largest absolute Gasteiger partial charge is 0.465 e. The Morgan fingerprint density at radius 1 is 0.784 bits per heavy atom. The van der Waals surface area contributed by atoms with Crippen LogP contribution in [-0.4, -0.2) is 38.9 Å². The topological polar surface area (TPSA) is 90.0 Å². The number of hydrogen-bond acceptors (Lipinski definition) is 6. The summed E-state index contributed by atoms with van der Waals surface area (Å²) >= 11 is 0. The molecule has 0 aliphatic carbocycles. The van der Waals surface area contributed by atoms with Crippen molar-refractivity contribution in [3.05, 3.63) is 118 Å². The third kappa shape index (κ3) is 4.93. The van der Waals surface area contributed by atoms with E-state index < -0.39 is 33.7 Å². The van der Waals surface area contributed by atoms with Gasteiger partial charge in [0.2, 0.25) is 0 Å². The Morgan fingerprint density at radius 3 is 2.03 bits per heavy atom. The second-order valence-corrected chi connectivity index (χ2v) is 10.4. The molecule has 0 saturated heterocycles.